The third-order valence-corrected chi connectivity index (χ3v) is 2.69. The van der Waals surface area contributed by atoms with Crippen molar-refractivity contribution in [2.24, 2.45) is 0 Å². The maximum absolute atomic E-state index is 13.5. The van der Waals surface area contributed by atoms with E-state index in [2.05, 4.69) is 4.98 Å². The van der Waals surface area contributed by atoms with Gasteiger partial charge in [0.15, 0.2) is 5.82 Å². The van der Waals surface area contributed by atoms with Gasteiger partial charge in [0.25, 0.3) is 0 Å². The van der Waals surface area contributed by atoms with E-state index >= 15 is 0 Å². The maximum Gasteiger partial charge on any atom is 0.151 e. The molecule has 0 N–H and O–H groups in total. The number of methoxy groups -OCH3 is 1. The highest BCUT2D eigenvalue weighted by Crippen LogP contribution is 2.20. The topological polar surface area (TPSA) is 27.1 Å². The van der Waals surface area contributed by atoms with Gasteiger partial charge in [-0.05, 0) is 12.1 Å². The molecule has 0 bridgehead atoms. The fraction of sp³-hybridized carbons (Fsp3) is 0.364. The fourth-order valence-corrected chi connectivity index (χ4v) is 1.90. The van der Waals surface area contributed by atoms with E-state index < -0.39 is 0 Å². The fourth-order valence-electron chi connectivity index (χ4n) is 1.69. The number of halogens is 2. The van der Waals surface area contributed by atoms with E-state index in [0.29, 0.717) is 24.5 Å². The number of rotatable bonds is 4. The molecule has 2 rings (SSSR count). The Hall–Kier alpha value is -1.13. The van der Waals surface area contributed by atoms with Crippen molar-refractivity contribution in [2.75, 3.05) is 13.7 Å². The molecule has 0 spiro atoms. The van der Waals surface area contributed by atoms with Gasteiger partial charge in [-0.3, -0.25) is 0 Å². The van der Waals surface area contributed by atoms with E-state index in [4.69, 9.17) is 16.3 Å². The van der Waals surface area contributed by atoms with Crippen molar-refractivity contribution in [2.45, 2.75) is 12.4 Å². The molecule has 0 amide bonds. The highest BCUT2D eigenvalue weighted by atomic mass is 35.5. The van der Waals surface area contributed by atoms with Gasteiger partial charge in [0, 0.05) is 13.7 Å². The number of para-hydroxylation sites is 1. The number of hydrogen-bond donors (Lipinski definition) is 0. The Morgan fingerprint density at radius 3 is 3.00 bits per heavy atom. The van der Waals surface area contributed by atoms with E-state index in [0.717, 1.165) is 5.52 Å². The Bertz CT molecular complexity index is 498. The van der Waals surface area contributed by atoms with Crippen LogP contribution in [0.1, 0.15) is 5.82 Å². The molecule has 16 heavy (non-hydrogen) atoms. The van der Waals surface area contributed by atoms with Crippen molar-refractivity contribution < 1.29 is 9.13 Å². The van der Waals surface area contributed by atoms with Crippen LogP contribution in [0.3, 0.4) is 0 Å². The lowest BCUT2D eigenvalue weighted by Gasteiger charge is -2.06. The first-order valence-electron chi connectivity index (χ1n) is 4.96. The van der Waals surface area contributed by atoms with Crippen LogP contribution in [0.15, 0.2) is 18.2 Å². The summed E-state index contributed by atoms with van der Waals surface area (Å²) in [5.74, 6) is 0.608. The Morgan fingerprint density at radius 1 is 1.50 bits per heavy atom. The summed E-state index contributed by atoms with van der Waals surface area (Å²) in [5, 5.41) is 0. The molecule has 5 heteroatoms. The first kappa shape index (κ1) is 11.4. The first-order valence-corrected chi connectivity index (χ1v) is 5.50. The molecule has 0 radical (unpaired) electrons. The molecule has 0 unspecified atom stereocenters. The van der Waals surface area contributed by atoms with Gasteiger partial charge in [-0.15, -0.1) is 11.6 Å². The Labute approximate surface area is 97.8 Å². The zero-order valence-electron chi connectivity index (χ0n) is 8.91. The van der Waals surface area contributed by atoms with Crippen LogP contribution in [0.25, 0.3) is 11.0 Å². The average Bonchev–Trinajstić information content (AvgIpc) is 2.66. The Kier molecular flexibility index (Phi) is 3.41. The van der Waals surface area contributed by atoms with Gasteiger partial charge in [-0.25, -0.2) is 9.37 Å². The SMILES string of the molecule is COCCn1c(CCl)nc2c(F)cccc21. The van der Waals surface area contributed by atoms with Crippen LogP contribution in [-0.4, -0.2) is 23.3 Å². The summed E-state index contributed by atoms with van der Waals surface area (Å²) in [7, 11) is 1.63. The zero-order chi connectivity index (χ0) is 11.5. The van der Waals surface area contributed by atoms with E-state index in [1.54, 1.807) is 13.2 Å². The molecule has 0 aliphatic rings. The van der Waals surface area contributed by atoms with Crippen molar-refractivity contribution in [3.63, 3.8) is 0 Å². The number of ether oxygens (including phenoxy) is 1. The van der Waals surface area contributed by atoms with Crippen LogP contribution >= 0.6 is 11.6 Å². The van der Waals surface area contributed by atoms with Crippen molar-refractivity contribution in [1.82, 2.24) is 9.55 Å². The summed E-state index contributed by atoms with van der Waals surface area (Å²) < 4.78 is 20.4. The number of alkyl halides is 1. The number of aromatic nitrogens is 2. The molecule has 2 aromatic rings. The number of fused-ring (bicyclic) bond motifs is 1. The monoisotopic (exact) mass is 242 g/mol. The van der Waals surface area contributed by atoms with Crippen molar-refractivity contribution in [3.8, 4) is 0 Å². The van der Waals surface area contributed by atoms with Gasteiger partial charge in [0.05, 0.1) is 18.0 Å². The molecular weight excluding hydrogens is 231 g/mol. The number of nitrogens with zero attached hydrogens (tertiary/aromatic N) is 2. The van der Waals surface area contributed by atoms with Gasteiger partial charge in [0.1, 0.15) is 11.3 Å². The summed E-state index contributed by atoms with van der Waals surface area (Å²) in [6, 6.07) is 4.89. The minimum absolute atomic E-state index is 0.262. The lowest BCUT2D eigenvalue weighted by atomic mass is 10.3. The van der Waals surface area contributed by atoms with Crippen LogP contribution < -0.4 is 0 Å². The first-order chi connectivity index (χ1) is 7.77. The van der Waals surface area contributed by atoms with Crippen LogP contribution in [0.4, 0.5) is 4.39 Å². The van der Waals surface area contributed by atoms with Gasteiger partial charge in [-0.1, -0.05) is 6.07 Å². The maximum atomic E-state index is 13.5. The number of benzene rings is 1. The van der Waals surface area contributed by atoms with E-state index in [-0.39, 0.29) is 11.7 Å². The zero-order valence-corrected chi connectivity index (χ0v) is 9.67. The summed E-state index contributed by atoms with van der Waals surface area (Å²) in [5.41, 5.74) is 1.13. The summed E-state index contributed by atoms with van der Waals surface area (Å²) in [4.78, 5) is 4.18. The van der Waals surface area contributed by atoms with Crippen LogP contribution in [0, 0.1) is 5.82 Å². The predicted molar refractivity (Wildman–Crippen MR) is 61.1 cm³/mol. The van der Waals surface area contributed by atoms with E-state index in [9.17, 15) is 4.39 Å². The van der Waals surface area contributed by atoms with Crippen molar-refractivity contribution in [1.29, 1.82) is 0 Å². The quantitative estimate of drug-likeness (QED) is 0.771. The Balaban J connectivity index is 2.54. The van der Waals surface area contributed by atoms with Gasteiger partial charge in [-0.2, -0.15) is 0 Å². The molecule has 0 saturated heterocycles. The smallest absolute Gasteiger partial charge is 0.151 e. The lowest BCUT2D eigenvalue weighted by molar-refractivity contribution is 0.187. The van der Waals surface area contributed by atoms with Crippen molar-refractivity contribution >= 4 is 22.6 Å². The third-order valence-electron chi connectivity index (χ3n) is 2.45. The second-order valence-corrected chi connectivity index (χ2v) is 3.68. The number of hydrogen-bond acceptors (Lipinski definition) is 2. The molecule has 0 aliphatic heterocycles. The normalized spacial score (nSPS) is 11.2. The Morgan fingerprint density at radius 2 is 2.31 bits per heavy atom. The molecule has 0 saturated carbocycles. The minimum atomic E-state index is -0.319. The third kappa shape index (κ3) is 1.90. The molecule has 3 nitrogen and oxygen atoms in total. The van der Waals surface area contributed by atoms with E-state index in [1.165, 1.54) is 6.07 Å². The minimum Gasteiger partial charge on any atom is -0.383 e. The highest BCUT2D eigenvalue weighted by molar-refractivity contribution is 6.16. The summed E-state index contributed by atoms with van der Waals surface area (Å²) >= 11 is 5.79. The molecule has 1 heterocycles. The predicted octanol–water partition coefficient (Wildman–Crippen LogP) is 2.56. The summed E-state index contributed by atoms with van der Waals surface area (Å²) in [6.45, 7) is 1.17. The van der Waals surface area contributed by atoms with Gasteiger partial charge >= 0.3 is 0 Å². The summed E-state index contributed by atoms with van der Waals surface area (Å²) in [6.07, 6.45) is 0. The molecule has 0 aliphatic carbocycles. The van der Waals surface area contributed by atoms with Gasteiger partial charge in [0.2, 0.25) is 0 Å². The standard InChI is InChI=1S/C11H12ClFN2O/c1-16-6-5-15-9-4-2-3-8(13)11(9)14-10(15)7-12/h2-4H,5-7H2,1H3. The second-order valence-electron chi connectivity index (χ2n) is 3.41. The largest absolute Gasteiger partial charge is 0.383 e. The molecule has 1 aromatic carbocycles. The molecule has 86 valence electrons. The van der Waals surface area contributed by atoms with Crippen LogP contribution in [0.2, 0.25) is 0 Å². The highest BCUT2D eigenvalue weighted by Gasteiger charge is 2.12. The van der Waals surface area contributed by atoms with Crippen LogP contribution in [-0.2, 0) is 17.2 Å². The second kappa shape index (κ2) is 4.80. The van der Waals surface area contributed by atoms with Gasteiger partial charge < -0.3 is 9.30 Å². The lowest BCUT2D eigenvalue weighted by Crippen LogP contribution is -2.07. The molecule has 0 atom stereocenters. The molecule has 0 fully saturated rings. The van der Waals surface area contributed by atoms with Crippen LogP contribution in [0.5, 0.6) is 0 Å². The van der Waals surface area contributed by atoms with Crippen molar-refractivity contribution in [3.05, 3.63) is 29.8 Å². The van der Waals surface area contributed by atoms with E-state index in [1.807, 2.05) is 10.6 Å². The number of imidazole rings is 1. The molecule has 1 aromatic heterocycles. The molecular formula is C11H12ClFN2O. The average molecular weight is 243 g/mol.